The van der Waals surface area contributed by atoms with E-state index < -0.39 is 0 Å². The van der Waals surface area contributed by atoms with Crippen molar-refractivity contribution in [1.82, 2.24) is 5.32 Å². The van der Waals surface area contributed by atoms with E-state index >= 15 is 0 Å². The summed E-state index contributed by atoms with van der Waals surface area (Å²) in [5, 5.41) is 4.07. The molecule has 1 rings (SSSR count). The molecule has 1 unspecified atom stereocenters. The van der Waals surface area contributed by atoms with Crippen LogP contribution in [0.3, 0.4) is 0 Å². The van der Waals surface area contributed by atoms with Crippen LogP contribution in [0.25, 0.3) is 0 Å². The van der Waals surface area contributed by atoms with Crippen LogP contribution in [0.5, 0.6) is 5.75 Å². The molecular formula is C13H20ClNO. The Morgan fingerprint density at radius 1 is 1.44 bits per heavy atom. The summed E-state index contributed by atoms with van der Waals surface area (Å²) in [7, 11) is 0. The van der Waals surface area contributed by atoms with Gasteiger partial charge in [0.2, 0.25) is 0 Å². The van der Waals surface area contributed by atoms with Crippen LogP contribution in [0.2, 0.25) is 5.02 Å². The van der Waals surface area contributed by atoms with Crippen LogP contribution in [-0.4, -0.2) is 19.2 Å². The molecule has 0 aliphatic carbocycles. The second-order valence-electron chi connectivity index (χ2n) is 3.98. The lowest BCUT2D eigenvalue weighted by atomic mass is 10.2. The number of hydrogen-bond donors (Lipinski definition) is 1. The van der Waals surface area contributed by atoms with Crippen molar-refractivity contribution < 1.29 is 4.74 Å². The number of benzene rings is 1. The quantitative estimate of drug-likeness (QED) is 0.771. The van der Waals surface area contributed by atoms with Gasteiger partial charge in [-0.1, -0.05) is 18.5 Å². The molecular weight excluding hydrogens is 222 g/mol. The van der Waals surface area contributed by atoms with Crippen molar-refractivity contribution in [3.8, 4) is 5.75 Å². The molecule has 1 aromatic carbocycles. The Bertz CT molecular complexity index is 328. The Hall–Kier alpha value is -0.730. The maximum atomic E-state index is 5.95. The molecule has 1 aromatic rings. The van der Waals surface area contributed by atoms with Crippen molar-refractivity contribution >= 4 is 11.6 Å². The standard InChI is InChI=1S/C13H20ClNO/c1-4-15-8-7-11(3)16-12-5-6-13(14)10(2)9-12/h5-6,9,11,15H,4,7-8H2,1-3H3. The van der Waals surface area contributed by atoms with Crippen LogP contribution in [0, 0.1) is 6.92 Å². The fourth-order valence-corrected chi connectivity index (χ4v) is 1.58. The van der Waals surface area contributed by atoms with Crippen LogP contribution in [0.4, 0.5) is 0 Å². The Labute approximate surface area is 103 Å². The van der Waals surface area contributed by atoms with Gasteiger partial charge in [-0.3, -0.25) is 0 Å². The fourth-order valence-electron chi connectivity index (χ4n) is 1.46. The smallest absolute Gasteiger partial charge is 0.120 e. The molecule has 0 radical (unpaired) electrons. The number of aryl methyl sites for hydroxylation is 1. The molecule has 90 valence electrons. The van der Waals surface area contributed by atoms with E-state index in [0.717, 1.165) is 35.8 Å². The third-order valence-corrected chi connectivity index (χ3v) is 2.87. The van der Waals surface area contributed by atoms with Gasteiger partial charge in [-0.15, -0.1) is 0 Å². The highest BCUT2D eigenvalue weighted by atomic mass is 35.5. The van der Waals surface area contributed by atoms with Crippen molar-refractivity contribution in [3.63, 3.8) is 0 Å². The SMILES string of the molecule is CCNCCC(C)Oc1ccc(Cl)c(C)c1. The van der Waals surface area contributed by atoms with Gasteiger partial charge >= 0.3 is 0 Å². The molecule has 1 N–H and O–H groups in total. The Morgan fingerprint density at radius 2 is 2.19 bits per heavy atom. The van der Waals surface area contributed by atoms with Gasteiger partial charge in [0.15, 0.2) is 0 Å². The molecule has 0 fully saturated rings. The molecule has 3 heteroatoms. The number of halogens is 1. The van der Waals surface area contributed by atoms with Gasteiger partial charge in [0, 0.05) is 5.02 Å². The molecule has 0 heterocycles. The Balaban J connectivity index is 2.43. The summed E-state index contributed by atoms with van der Waals surface area (Å²) in [6.45, 7) is 8.17. The summed E-state index contributed by atoms with van der Waals surface area (Å²) >= 11 is 5.95. The summed E-state index contributed by atoms with van der Waals surface area (Å²) in [4.78, 5) is 0. The second-order valence-corrected chi connectivity index (χ2v) is 4.39. The third kappa shape index (κ3) is 4.42. The summed E-state index contributed by atoms with van der Waals surface area (Å²) < 4.78 is 5.80. The number of hydrogen-bond acceptors (Lipinski definition) is 2. The van der Waals surface area contributed by atoms with E-state index in [-0.39, 0.29) is 6.10 Å². The highest BCUT2D eigenvalue weighted by Crippen LogP contribution is 2.22. The number of rotatable bonds is 6. The average molecular weight is 242 g/mol. The maximum absolute atomic E-state index is 5.95. The first-order valence-corrected chi connectivity index (χ1v) is 6.14. The average Bonchev–Trinajstić information content (AvgIpc) is 2.24. The molecule has 0 amide bonds. The molecule has 16 heavy (non-hydrogen) atoms. The normalized spacial score (nSPS) is 12.5. The summed E-state index contributed by atoms with van der Waals surface area (Å²) in [6.07, 6.45) is 1.23. The lowest BCUT2D eigenvalue weighted by molar-refractivity contribution is 0.210. The highest BCUT2D eigenvalue weighted by Gasteiger charge is 2.04. The summed E-state index contributed by atoms with van der Waals surface area (Å²) in [6, 6.07) is 5.77. The predicted molar refractivity (Wildman–Crippen MR) is 69.4 cm³/mol. The van der Waals surface area contributed by atoms with Gasteiger partial charge in [-0.05, 0) is 57.1 Å². The first kappa shape index (κ1) is 13.3. The molecule has 1 atom stereocenters. The molecule has 0 aromatic heterocycles. The zero-order valence-corrected chi connectivity index (χ0v) is 11.0. The van der Waals surface area contributed by atoms with Crippen LogP contribution >= 0.6 is 11.6 Å². The van der Waals surface area contributed by atoms with Crippen molar-refractivity contribution in [1.29, 1.82) is 0 Å². The zero-order chi connectivity index (χ0) is 12.0. The van der Waals surface area contributed by atoms with Gasteiger partial charge in [0.1, 0.15) is 5.75 Å². The van der Waals surface area contributed by atoms with E-state index in [2.05, 4.69) is 19.2 Å². The van der Waals surface area contributed by atoms with Gasteiger partial charge in [-0.25, -0.2) is 0 Å². The molecule has 0 saturated carbocycles. The van der Waals surface area contributed by atoms with Crippen LogP contribution in [0.1, 0.15) is 25.8 Å². The Kier molecular flexibility index (Phi) is 5.64. The van der Waals surface area contributed by atoms with Crippen LogP contribution in [0.15, 0.2) is 18.2 Å². The minimum atomic E-state index is 0.222. The van der Waals surface area contributed by atoms with Crippen molar-refractivity contribution in [2.45, 2.75) is 33.3 Å². The van der Waals surface area contributed by atoms with Gasteiger partial charge < -0.3 is 10.1 Å². The van der Waals surface area contributed by atoms with Crippen LogP contribution in [-0.2, 0) is 0 Å². The number of ether oxygens (including phenoxy) is 1. The van der Waals surface area contributed by atoms with E-state index in [1.165, 1.54) is 0 Å². The first-order valence-electron chi connectivity index (χ1n) is 5.77. The molecule has 0 aliphatic heterocycles. The largest absolute Gasteiger partial charge is 0.491 e. The Morgan fingerprint density at radius 3 is 2.81 bits per heavy atom. The second kappa shape index (κ2) is 6.77. The van der Waals surface area contributed by atoms with Crippen molar-refractivity contribution in [2.75, 3.05) is 13.1 Å². The predicted octanol–water partition coefficient (Wildman–Crippen LogP) is 3.42. The van der Waals surface area contributed by atoms with Gasteiger partial charge in [0.25, 0.3) is 0 Å². The molecule has 2 nitrogen and oxygen atoms in total. The molecule has 0 saturated heterocycles. The topological polar surface area (TPSA) is 21.3 Å². The lowest BCUT2D eigenvalue weighted by Gasteiger charge is -2.15. The van der Waals surface area contributed by atoms with E-state index in [0.29, 0.717) is 0 Å². The fraction of sp³-hybridized carbons (Fsp3) is 0.538. The van der Waals surface area contributed by atoms with Crippen molar-refractivity contribution in [3.05, 3.63) is 28.8 Å². The minimum absolute atomic E-state index is 0.222. The lowest BCUT2D eigenvalue weighted by Crippen LogP contribution is -2.21. The molecule has 0 bridgehead atoms. The summed E-state index contributed by atoms with van der Waals surface area (Å²) in [5.41, 5.74) is 1.05. The number of nitrogens with one attached hydrogen (secondary N) is 1. The highest BCUT2D eigenvalue weighted by molar-refractivity contribution is 6.31. The maximum Gasteiger partial charge on any atom is 0.120 e. The van der Waals surface area contributed by atoms with E-state index in [9.17, 15) is 0 Å². The van der Waals surface area contributed by atoms with Crippen molar-refractivity contribution in [2.24, 2.45) is 0 Å². The van der Waals surface area contributed by atoms with E-state index in [1.54, 1.807) is 0 Å². The van der Waals surface area contributed by atoms with Gasteiger partial charge in [-0.2, -0.15) is 0 Å². The molecule has 0 aliphatic rings. The first-order chi connectivity index (χ1) is 7.63. The van der Waals surface area contributed by atoms with Crippen LogP contribution < -0.4 is 10.1 Å². The van der Waals surface area contributed by atoms with Gasteiger partial charge in [0.05, 0.1) is 6.10 Å². The minimum Gasteiger partial charge on any atom is -0.491 e. The molecule has 0 spiro atoms. The van der Waals surface area contributed by atoms with E-state index in [4.69, 9.17) is 16.3 Å². The zero-order valence-electron chi connectivity index (χ0n) is 10.2. The van der Waals surface area contributed by atoms with E-state index in [1.807, 2.05) is 25.1 Å². The summed E-state index contributed by atoms with van der Waals surface area (Å²) in [5.74, 6) is 0.894. The monoisotopic (exact) mass is 241 g/mol. The third-order valence-electron chi connectivity index (χ3n) is 2.44.